The van der Waals surface area contributed by atoms with E-state index in [0.29, 0.717) is 0 Å². The van der Waals surface area contributed by atoms with Crippen molar-refractivity contribution < 1.29 is 43.2 Å². The summed E-state index contributed by atoms with van der Waals surface area (Å²) < 4.78 is 22.2. The number of halogens is 4. The Labute approximate surface area is 165 Å². The molecule has 0 bridgehead atoms. The molecule has 0 saturated heterocycles. The summed E-state index contributed by atoms with van der Waals surface area (Å²) in [5.74, 6) is 1.00. The molecule has 0 aromatic heterocycles. The predicted octanol–water partition coefficient (Wildman–Crippen LogP) is 2.15. The minimum Gasteiger partial charge on any atom is -0.387 e. The van der Waals surface area contributed by atoms with Crippen LogP contribution < -0.4 is 0 Å². The first-order valence-corrected chi connectivity index (χ1v) is 11.9. The molecule has 0 aliphatic carbocycles. The maximum atomic E-state index is 10.5. The minimum atomic E-state index is -5.05. The van der Waals surface area contributed by atoms with Crippen LogP contribution in [0.15, 0.2) is 0 Å². The second-order valence-electron chi connectivity index (χ2n) is 4.88. The van der Waals surface area contributed by atoms with E-state index in [1.165, 1.54) is 0 Å². The zero-order valence-corrected chi connectivity index (χ0v) is 17.8. The van der Waals surface area contributed by atoms with Gasteiger partial charge in [0.2, 0.25) is 0 Å². The van der Waals surface area contributed by atoms with Crippen molar-refractivity contribution >= 4 is 62.0 Å². The average molecular weight is 490 g/mol. The molecule has 0 amide bonds. The van der Waals surface area contributed by atoms with E-state index in [4.69, 9.17) is 66.0 Å². The summed E-state index contributed by atoms with van der Waals surface area (Å²) in [7, 11) is -10.1. The van der Waals surface area contributed by atoms with Crippen LogP contribution in [0.5, 0.6) is 0 Å². The average Bonchev–Trinajstić information content (AvgIpc) is 2.36. The minimum absolute atomic E-state index is 0.250. The molecule has 0 radical (unpaired) electrons. The third kappa shape index (κ3) is 13.2. The first-order chi connectivity index (χ1) is 11.2. The molecule has 154 valence electrons. The Kier molecular flexibility index (Phi) is 14.5. The van der Waals surface area contributed by atoms with Crippen molar-refractivity contribution in [3.63, 3.8) is 0 Å². The molecular weight excluding hydrogens is 468 g/mol. The lowest BCUT2D eigenvalue weighted by molar-refractivity contribution is -0.157. The van der Waals surface area contributed by atoms with E-state index in [9.17, 15) is 19.3 Å². The quantitative estimate of drug-likeness (QED) is 0.188. The zero-order chi connectivity index (χ0) is 20.4. The fraction of sp³-hybridized carbons (Fsp3) is 1.00. The van der Waals surface area contributed by atoms with Gasteiger partial charge in [-0.2, -0.15) is 4.31 Å². The van der Waals surface area contributed by atoms with Crippen molar-refractivity contribution in [3.8, 4) is 0 Å². The summed E-state index contributed by atoms with van der Waals surface area (Å²) in [4.78, 5) is 31.0. The highest BCUT2D eigenvalue weighted by Gasteiger charge is 2.47. The summed E-state index contributed by atoms with van der Waals surface area (Å²) in [6.07, 6.45) is 1.08. The fourth-order valence-electron chi connectivity index (χ4n) is 1.94. The van der Waals surface area contributed by atoms with Crippen LogP contribution in [0.4, 0.5) is 0 Å². The molecule has 0 spiro atoms. The Morgan fingerprint density at radius 1 is 0.640 bits per heavy atom. The van der Waals surface area contributed by atoms with E-state index >= 15 is 0 Å². The Balaban J connectivity index is 0. The van der Waals surface area contributed by atoms with Crippen LogP contribution in [0.3, 0.4) is 0 Å². The maximum Gasteiger partial charge on any atom is 0.478 e. The van der Waals surface area contributed by atoms with E-state index in [1.807, 2.05) is 0 Å². The highest BCUT2D eigenvalue weighted by molar-refractivity contribution is 7.60. The van der Waals surface area contributed by atoms with E-state index in [2.05, 4.69) is 4.31 Å². The van der Waals surface area contributed by atoms with Crippen molar-refractivity contribution in [1.29, 1.82) is 0 Å². The zero-order valence-electron chi connectivity index (χ0n) is 13.0. The van der Waals surface area contributed by atoms with Gasteiger partial charge in [-0.05, 0) is 25.7 Å². The van der Waals surface area contributed by atoms with Gasteiger partial charge >= 0.3 is 15.6 Å². The first-order valence-electron chi connectivity index (χ1n) is 6.71. The molecular formula is C10H22Cl4O9P2. The lowest BCUT2D eigenvalue weighted by atomic mass is 9.75. The molecule has 0 fully saturated rings. The normalized spacial score (nSPS) is 13.4. The molecule has 15 heteroatoms. The van der Waals surface area contributed by atoms with Crippen molar-refractivity contribution in [1.82, 2.24) is 0 Å². The van der Waals surface area contributed by atoms with Gasteiger partial charge in [-0.3, -0.25) is 0 Å². The second-order valence-corrected chi connectivity index (χ2v) is 9.01. The molecule has 0 aromatic rings. The van der Waals surface area contributed by atoms with Crippen LogP contribution >= 0.6 is 62.0 Å². The molecule has 0 aliphatic heterocycles. The predicted molar refractivity (Wildman–Crippen MR) is 96.4 cm³/mol. The maximum absolute atomic E-state index is 10.5. The van der Waals surface area contributed by atoms with Gasteiger partial charge < -0.3 is 29.8 Å². The third-order valence-electron chi connectivity index (χ3n) is 3.11. The van der Waals surface area contributed by atoms with Gasteiger partial charge in [0.05, 0.1) is 11.2 Å². The van der Waals surface area contributed by atoms with E-state index in [1.54, 1.807) is 0 Å². The number of aliphatic hydroxyl groups is 2. The fourth-order valence-corrected chi connectivity index (χ4v) is 4.30. The molecule has 0 saturated carbocycles. The summed E-state index contributed by atoms with van der Waals surface area (Å²) in [6.45, 7) is 0. The molecule has 9 nitrogen and oxygen atoms in total. The van der Waals surface area contributed by atoms with E-state index in [-0.39, 0.29) is 49.2 Å². The molecule has 25 heavy (non-hydrogen) atoms. The highest BCUT2D eigenvalue weighted by Crippen LogP contribution is 2.53. The van der Waals surface area contributed by atoms with E-state index < -0.39 is 26.8 Å². The second kappa shape index (κ2) is 12.7. The smallest absolute Gasteiger partial charge is 0.387 e. The molecule has 0 atom stereocenters. The monoisotopic (exact) mass is 488 g/mol. The van der Waals surface area contributed by atoms with Crippen molar-refractivity contribution in [2.45, 2.75) is 36.9 Å². The van der Waals surface area contributed by atoms with Crippen LogP contribution in [0.1, 0.15) is 25.7 Å². The summed E-state index contributed by atoms with van der Waals surface area (Å²) in [5.41, 5.74) is -2.64. The summed E-state index contributed by atoms with van der Waals surface area (Å²) >= 11 is 22.6. The number of rotatable bonds is 11. The van der Waals surface area contributed by atoms with Crippen LogP contribution in [0, 0.1) is 0 Å². The Morgan fingerprint density at radius 3 is 0.920 bits per heavy atom. The lowest BCUT2D eigenvalue weighted by Gasteiger charge is -2.43. The molecule has 6 N–H and O–H groups in total. The van der Waals surface area contributed by atoms with Crippen molar-refractivity contribution in [3.05, 3.63) is 0 Å². The molecule has 0 heterocycles. The van der Waals surface area contributed by atoms with Gasteiger partial charge in [0.15, 0.2) is 0 Å². The van der Waals surface area contributed by atoms with Gasteiger partial charge in [-0.15, -0.1) is 46.4 Å². The Morgan fingerprint density at radius 2 is 0.840 bits per heavy atom. The summed E-state index contributed by atoms with van der Waals surface area (Å²) in [6, 6.07) is 0. The number of alkyl halides is 4. The standard InChI is InChI=1S/C10H18Cl4O2.H4O7P2/c11-5-1-9(15,2-6-12)10(16,3-7-13)4-8-14;1-8(2,3)7-9(4,5)6/h15-16H,1-8H2;(H2,1,2,3)(H2,4,5,6). The van der Waals surface area contributed by atoms with Crippen LogP contribution in [0.25, 0.3) is 0 Å². The van der Waals surface area contributed by atoms with Crippen molar-refractivity contribution in [2.75, 3.05) is 23.5 Å². The van der Waals surface area contributed by atoms with Gasteiger partial charge in [0.25, 0.3) is 0 Å². The molecule has 0 aromatic carbocycles. The Hall–Kier alpha value is 1.34. The highest BCUT2D eigenvalue weighted by atomic mass is 35.5. The number of hydrogen-bond donors (Lipinski definition) is 6. The molecule has 0 aliphatic rings. The number of phosphoric acid groups is 2. The number of hydrogen-bond acceptors (Lipinski definition) is 5. The lowest BCUT2D eigenvalue weighted by Crippen LogP contribution is -2.55. The molecule has 0 unspecified atom stereocenters. The third-order valence-corrected chi connectivity index (χ3v) is 5.57. The molecule has 0 rings (SSSR count). The van der Waals surface area contributed by atoms with Gasteiger partial charge in [0, 0.05) is 23.5 Å². The van der Waals surface area contributed by atoms with Crippen LogP contribution in [-0.4, -0.2) is 64.5 Å². The van der Waals surface area contributed by atoms with Crippen LogP contribution in [-0.2, 0) is 13.4 Å². The largest absolute Gasteiger partial charge is 0.478 e. The Bertz CT molecular complexity index is 404. The van der Waals surface area contributed by atoms with E-state index in [0.717, 1.165) is 0 Å². The van der Waals surface area contributed by atoms with Crippen LogP contribution in [0.2, 0.25) is 0 Å². The first kappa shape index (κ1) is 28.5. The van der Waals surface area contributed by atoms with Gasteiger partial charge in [-0.1, -0.05) is 0 Å². The van der Waals surface area contributed by atoms with Crippen molar-refractivity contribution in [2.24, 2.45) is 0 Å². The van der Waals surface area contributed by atoms with Gasteiger partial charge in [-0.25, -0.2) is 9.13 Å². The summed E-state index contributed by atoms with van der Waals surface area (Å²) in [5, 5.41) is 20.9. The van der Waals surface area contributed by atoms with Gasteiger partial charge in [0.1, 0.15) is 0 Å². The topological polar surface area (TPSA) is 165 Å². The SMILES string of the molecule is O=P(O)(O)OP(=O)(O)O.OC(CCCl)(CCCl)C(O)(CCCl)CCCl.